The van der Waals surface area contributed by atoms with Crippen LogP contribution in [0.4, 0.5) is 18.9 Å². The minimum atomic E-state index is -4.44. The number of carbonyl (C=O) groups excluding carboxylic acids is 1. The predicted octanol–water partition coefficient (Wildman–Crippen LogP) is 4.37. The zero-order chi connectivity index (χ0) is 24.4. The van der Waals surface area contributed by atoms with Gasteiger partial charge in [0, 0.05) is 43.4 Å². The Morgan fingerprint density at radius 2 is 1.73 bits per heavy atom. The maximum atomic E-state index is 13.0. The third-order valence-electron chi connectivity index (χ3n) is 5.35. The van der Waals surface area contributed by atoms with Crippen LogP contribution in [0.2, 0.25) is 10.0 Å². The molecule has 0 aromatic heterocycles. The molecule has 33 heavy (non-hydrogen) atoms. The number of likely N-dealkylation sites (N-methyl/N-ethyl adjacent to an activating group) is 1. The van der Waals surface area contributed by atoms with Crippen molar-refractivity contribution in [1.82, 2.24) is 9.21 Å². The first kappa shape index (κ1) is 25.6. The van der Waals surface area contributed by atoms with Gasteiger partial charge in [-0.2, -0.15) is 17.5 Å². The molecule has 0 bridgehead atoms. The zero-order valence-corrected chi connectivity index (χ0v) is 20.0. The standard InChI is InChI=1S/C21H22Cl2F3N3O3S/c1-2-29(33(31,32)19-13-16(22)6-7-18(19)23)14-20(30)28-10-8-27(9-11-28)17-5-3-4-15(12-17)21(24,25)26/h3-7,12-13H,2,8-11,14H2,1H3. The molecule has 0 N–H and O–H groups in total. The highest BCUT2D eigenvalue weighted by molar-refractivity contribution is 7.89. The highest BCUT2D eigenvalue weighted by atomic mass is 35.5. The molecule has 0 radical (unpaired) electrons. The van der Waals surface area contributed by atoms with Gasteiger partial charge in [-0.1, -0.05) is 36.2 Å². The largest absolute Gasteiger partial charge is 0.416 e. The zero-order valence-electron chi connectivity index (χ0n) is 17.6. The van der Waals surface area contributed by atoms with E-state index in [2.05, 4.69) is 0 Å². The van der Waals surface area contributed by atoms with Crippen molar-refractivity contribution in [3.63, 3.8) is 0 Å². The van der Waals surface area contributed by atoms with Gasteiger partial charge in [0.2, 0.25) is 15.9 Å². The second kappa shape index (κ2) is 10.1. The second-order valence-electron chi connectivity index (χ2n) is 7.42. The quantitative estimate of drug-likeness (QED) is 0.563. The van der Waals surface area contributed by atoms with Crippen LogP contribution in [-0.2, 0) is 21.0 Å². The maximum absolute atomic E-state index is 13.0. The van der Waals surface area contributed by atoms with E-state index in [-0.39, 0.29) is 41.1 Å². The fraction of sp³-hybridized carbons (Fsp3) is 0.381. The molecule has 0 unspecified atom stereocenters. The monoisotopic (exact) mass is 523 g/mol. The normalized spacial score (nSPS) is 15.2. The molecule has 2 aromatic carbocycles. The number of sulfonamides is 1. The Bertz CT molecular complexity index is 1120. The van der Waals surface area contributed by atoms with Crippen LogP contribution >= 0.6 is 23.2 Å². The number of rotatable bonds is 6. The number of alkyl halides is 3. The summed E-state index contributed by atoms with van der Waals surface area (Å²) in [6.07, 6.45) is -4.44. The Morgan fingerprint density at radius 1 is 1.06 bits per heavy atom. The summed E-state index contributed by atoms with van der Waals surface area (Å²) in [5.41, 5.74) is -0.313. The lowest BCUT2D eigenvalue weighted by Gasteiger charge is -2.37. The van der Waals surface area contributed by atoms with Crippen LogP contribution in [0.5, 0.6) is 0 Å². The summed E-state index contributed by atoms with van der Waals surface area (Å²) < 4.78 is 66.0. The molecule has 2 aromatic rings. The van der Waals surface area contributed by atoms with E-state index >= 15 is 0 Å². The van der Waals surface area contributed by atoms with Gasteiger partial charge in [-0.25, -0.2) is 8.42 Å². The molecule has 0 saturated carbocycles. The SMILES string of the molecule is CCN(CC(=O)N1CCN(c2cccc(C(F)(F)F)c2)CC1)S(=O)(=O)c1cc(Cl)ccc1Cl. The van der Waals surface area contributed by atoms with E-state index in [1.54, 1.807) is 17.9 Å². The van der Waals surface area contributed by atoms with Crippen LogP contribution in [0.25, 0.3) is 0 Å². The Hall–Kier alpha value is -2.01. The van der Waals surface area contributed by atoms with Crippen molar-refractivity contribution < 1.29 is 26.4 Å². The first-order chi connectivity index (χ1) is 15.4. The summed E-state index contributed by atoms with van der Waals surface area (Å²) in [5, 5.41) is 0.200. The molecule has 1 aliphatic rings. The number of benzene rings is 2. The van der Waals surface area contributed by atoms with E-state index < -0.39 is 27.7 Å². The minimum absolute atomic E-state index is 0.000000455. The third kappa shape index (κ3) is 5.92. The first-order valence-electron chi connectivity index (χ1n) is 10.1. The van der Waals surface area contributed by atoms with E-state index in [1.165, 1.54) is 29.2 Å². The molecule has 1 fully saturated rings. The van der Waals surface area contributed by atoms with E-state index in [1.807, 2.05) is 0 Å². The molecule has 1 heterocycles. The fourth-order valence-corrected chi connectivity index (χ4v) is 5.66. The van der Waals surface area contributed by atoms with Crippen molar-refractivity contribution in [3.8, 4) is 0 Å². The Morgan fingerprint density at radius 3 is 2.33 bits per heavy atom. The summed E-state index contributed by atoms with van der Waals surface area (Å²) in [4.78, 5) is 15.9. The molecule has 0 aliphatic carbocycles. The van der Waals surface area contributed by atoms with Crippen molar-refractivity contribution >= 4 is 44.8 Å². The number of anilines is 1. The van der Waals surface area contributed by atoms with Gasteiger partial charge >= 0.3 is 6.18 Å². The third-order valence-corrected chi connectivity index (χ3v) is 7.98. The molecule has 180 valence electrons. The molecule has 1 amide bonds. The number of piperazine rings is 1. The number of amides is 1. The Labute approximate surface area is 200 Å². The van der Waals surface area contributed by atoms with Crippen LogP contribution in [0.1, 0.15) is 12.5 Å². The average molecular weight is 524 g/mol. The van der Waals surface area contributed by atoms with Crippen LogP contribution in [0, 0.1) is 0 Å². The van der Waals surface area contributed by atoms with Crippen LogP contribution < -0.4 is 4.90 Å². The first-order valence-corrected chi connectivity index (χ1v) is 12.3. The van der Waals surface area contributed by atoms with Gasteiger partial charge in [0.15, 0.2) is 0 Å². The topological polar surface area (TPSA) is 60.9 Å². The van der Waals surface area contributed by atoms with Gasteiger partial charge in [0.25, 0.3) is 0 Å². The number of carbonyl (C=O) groups is 1. The van der Waals surface area contributed by atoms with Crippen molar-refractivity contribution in [2.75, 3.05) is 44.2 Å². The number of hydrogen-bond donors (Lipinski definition) is 0. The van der Waals surface area contributed by atoms with Gasteiger partial charge < -0.3 is 9.80 Å². The fourth-order valence-electron chi connectivity index (χ4n) is 3.52. The summed E-state index contributed by atoms with van der Waals surface area (Å²) in [5.74, 6) is -0.401. The molecule has 0 spiro atoms. The van der Waals surface area contributed by atoms with Gasteiger partial charge in [-0.15, -0.1) is 0 Å². The second-order valence-corrected chi connectivity index (χ2v) is 10.2. The van der Waals surface area contributed by atoms with Crippen LogP contribution in [0.15, 0.2) is 47.4 Å². The summed E-state index contributed by atoms with van der Waals surface area (Å²) >= 11 is 12.0. The molecule has 0 atom stereocenters. The number of halogens is 5. The van der Waals surface area contributed by atoms with E-state index in [4.69, 9.17) is 23.2 Å². The smallest absolute Gasteiger partial charge is 0.368 e. The average Bonchev–Trinajstić information content (AvgIpc) is 2.78. The van der Waals surface area contributed by atoms with Crippen LogP contribution in [-0.4, -0.2) is 62.8 Å². The van der Waals surface area contributed by atoms with Gasteiger partial charge in [0.05, 0.1) is 17.1 Å². The molecule has 6 nitrogen and oxygen atoms in total. The highest BCUT2D eigenvalue weighted by Gasteiger charge is 2.32. The Balaban J connectivity index is 1.66. The van der Waals surface area contributed by atoms with Crippen molar-refractivity contribution in [2.24, 2.45) is 0 Å². The predicted molar refractivity (Wildman–Crippen MR) is 121 cm³/mol. The number of hydrogen-bond acceptors (Lipinski definition) is 4. The lowest BCUT2D eigenvalue weighted by atomic mass is 10.1. The lowest BCUT2D eigenvalue weighted by Crippen LogP contribution is -2.51. The molecular formula is C21H22Cl2F3N3O3S. The highest BCUT2D eigenvalue weighted by Crippen LogP contribution is 2.32. The molecule has 1 aliphatic heterocycles. The van der Waals surface area contributed by atoms with Crippen LogP contribution in [0.3, 0.4) is 0 Å². The Kier molecular flexibility index (Phi) is 7.83. The van der Waals surface area contributed by atoms with Crippen molar-refractivity contribution in [2.45, 2.75) is 18.0 Å². The minimum Gasteiger partial charge on any atom is -0.368 e. The summed E-state index contributed by atoms with van der Waals surface area (Å²) in [6.45, 7) is 2.43. The molecule has 12 heteroatoms. The van der Waals surface area contributed by atoms with Crippen molar-refractivity contribution in [3.05, 3.63) is 58.1 Å². The van der Waals surface area contributed by atoms with Gasteiger partial charge in [-0.05, 0) is 36.4 Å². The van der Waals surface area contributed by atoms with E-state index in [0.717, 1.165) is 16.4 Å². The van der Waals surface area contributed by atoms with Crippen molar-refractivity contribution in [1.29, 1.82) is 0 Å². The van der Waals surface area contributed by atoms with E-state index in [0.29, 0.717) is 18.8 Å². The van der Waals surface area contributed by atoms with E-state index in [9.17, 15) is 26.4 Å². The van der Waals surface area contributed by atoms with Gasteiger partial charge in [0.1, 0.15) is 4.90 Å². The molecule has 3 rings (SSSR count). The summed E-state index contributed by atoms with van der Waals surface area (Å²) in [7, 11) is -4.06. The molecular weight excluding hydrogens is 502 g/mol. The molecule has 1 saturated heterocycles. The lowest BCUT2D eigenvalue weighted by molar-refractivity contribution is -0.137. The maximum Gasteiger partial charge on any atom is 0.416 e. The summed E-state index contributed by atoms with van der Waals surface area (Å²) in [6, 6.07) is 9.11. The van der Waals surface area contributed by atoms with Gasteiger partial charge in [-0.3, -0.25) is 4.79 Å². The number of nitrogens with zero attached hydrogens (tertiary/aromatic N) is 3.